The zero-order chi connectivity index (χ0) is 12.9. The van der Waals surface area contributed by atoms with Crippen LogP contribution in [0, 0.1) is 12.8 Å². The summed E-state index contributed by atoms with van der Waals surface area (Å²) < 4.78 is 1.75. The summed E-state index contributed by atoms with van der Waals surface area (Å²) in [6.45, 7) is 3.06. The zero-order valence-corrected chi connectivity index (χ0v) is 10.3. The summed E-state index contributed by atoms with van der Waals surface area (Å²) in [4.78, 5) is 17.2. The van der Waals surface area contributed by atoms with E-state index in [0.29, 0.717) is 13.1 Å². The Kier molecular flexibility index (Phi) is 2.26. The van der Waals surface area contributed by atoms with Crippen molar-refractivity contribution in [2.75, 3.05) is 18.0 Å². The van der Waals surface area contributed by atoms with Gasteiger partial charge in [-0.2, -0.15) is 5.10 Å². The predicted octanol–water partition coefficient (Wildman–Crippen LogP) is 0.798. The summed E-state index contributed by atoms with van der Waals surface area (Å²) in [5.74, 6) is -0.982. The van der Waals surface area contributed by atoms with Crippen LogP contribution in [-0.4, -0.2) is 38.9 Å². The van der Waals surface area contributed by atoms with Crippen LogP contribution in [0.1, 0.15) is 5.69 Å². The molecule has 0 saturated carbocycles. The maximum atomic E-state index is 10.8. The second-order valence-electron chi connectivity index (χ2n) is 4.68. The second-order valence-corrected chi connectivity index (χ2v) is 4.68. The Labute approximate surface area is 104 Å². The molecule has 0 unspecified atom stereocenters. The maximum Gasteiger partial charge on any atom is 0.310 e. The van der Waals surface area contributed by atoms with Gasteiger partial charge in [0.15, 0.2) is 5.65 Å². The molecule has 1 N–H and O–H groups in total. The molecule has 0 bridgehead atoms. The molecule has 0 radical (unpaired) electrons. The van der Waals surface area contributed by atoms with Crippen molar-refractivity contribution in [3.8, 4) is 0 Å². The average Bonchev–Trinajstić information content (AvgIpc) is 2.53. The smallest absolute Gasteiger partial charge is 0.310 e. The second kappa shape index (κ2) is 3.69. The van der Waals surface area contributed by atoms with Crippen LogP contribution in [0.5, 0.6) is 0 Å². The number of carbonyl (C=O) groups is 1. The molecule has 1 saturated heterocycles. The fourth-order valence-electron chi connectivity index (χ4n) is 2.45. The summed E-state index contributed by atoms with van der Waals surface area (Å²) in [5, 5.41) is 14.3. The van der Waals surface area contributed by atoms with Crippen molar-refractivity contribution in [2.24, 2.45) is 13.0 Å². The molecule has 6 nitrogen and oxygen atoms in total. The first-order chi connectivity index (χ1) is 8.58. The lowest BCUT2D eigenvalue weighted by atomic mass is 9.99. The average molecular weight is 246 g/mol. The number of hydrogen-bond acceptors (Lipinski definition) is 4. The van der Waals surface area contributed by atoms with E-state index in [1.807, 2.05) is 20.0 Å². The highest BCUT2D eigenvalue weighted by molar-refractivity contribution is 5.93. The zero-order valence-electron chi connectivity index (χ0n) is 10.3. The van der Waals surface area contributed by atoms with Crippen molar-refractivity contribution in [2.45, 2.75) is 6.92 Å². The summed E-state index contributed by atoms with van der Waals surface area (Å²) in [6, 6.07) is 1.93. The molecule has 94 valence electrons. The maximum absolute atomic E-state index is 10.8. The minimum absolute atomic E-state index is 0.259. The molecular formula is C12H14N4O2. The molecule has 0 atom stereocenters. The van der Waals surface area contributed by atoms with Crippen LogP contribution in [0.3, 0.4) is 0 Å². The number of carboxylic acids is 1. The molecule has 18 heavy (non-hydrogen) atoms. The van der Waals surface area contributed by atoms with Gasteiger partial charge in [0, 0.05) is 26.3 Å². The van der Waals surface area contributed by atoms with Crippen molar-refractivity contribution in [1.29, 1.82) is 0 Å². The SMILES string of the molecule is Cc1nn(C)c2nccc(N3CC(C(=O)O)C3)c12. The van der Waals surface area contributed by atoms with Crippen LogP contribution in [0.4, 0.5) is 5.69 Å². The first kappa shape index (κ1) is 11.0. The highest BCUT2D eigenvalue weighted by atomic mass is 16.4. The van der Waals surface area contributed by atoms with E-state index in [-0.39, 0.29) is 5.92 Å². The van der Waals surface area contributed by atoms with Crippen molar-refractivity contribution in [3.63, 3.8) is 0 Å². The van der Waals surface area contributed by atoms with Gasteiger partial charge >= 0.3 is 5.97 Å². The molecule has 1 fully saturated rings. The number of rotatable bonds is 2. The summed E-state index contributed by atoms with van der Waals surface area (Å²) in [5.41, 5.74) is 2.79. The first-order valence-corrected chi connectivity index (χ1v) is 5.84. The summed E-state index contributed by atoms with van der Waals surface area (Å²) in [6.07, 6.45) is 1.74. The van der Waals surface area contributed by atoms with Crippen LogP contribution in [-0.2, 0) is 11.8 Å². The Bertz CT molecular complexity index is 628. The van der Waals surface area contributed by atoms with Crippen molar-refractivity contribution < 1.29 is 9.90 Å². The monoisotopic (exact) mass is 246 g/mol. The molecule has 0 amide bonds. The van der Waals surface area contributed by atoms with Gasteiger partial charge in [0.05, 0.1) is 22.7 Å². The third-order valence-electron chi connectivity index (χ3n) is 3.45. The quantitative estimate of drug-likeness (QED) is 0.848. The summed E-state index contributed by atoms with van der Waals surface area (Å²) in [7, 11) is 1.86. The number of aryl methyl sites for hydroxylation is 2. The molecule has 6 heteroatoms. The van der Waals surface area contributed by atoms with Gasteiger partial charge in [-0.05, 0) is 13.0 Å². The molecular weight excluding hydrogens is 232 g/mol. The minimum atomic E-state index is -0.723. The van der Waals surface area contributed by atoms with E-state index in [4.69, 9.17) is 5.11 Å². The van der Waals surface area contributed by atoms with Crippen LogP contribution < -0.4 is 4.90 Å². The molecule has 0 aliphatic carbocycles. The third kappa shape index (κ3) is 1.45. The Morgan fingerprint density at radius 1 is 1.50 bits per heavy atom. The predicted molar refractivity (Wildman–Crippen MR) is 66.6 cm³/mol. The largest absolute Gasteiger partial charge is 0.481 e. The van der Waals surface area contributed by atoms with E-state index in [2.05, 4.69) is 15.0 Å². The minimum Gasteiger partial charge on any atom is -0.481 e. The van der Waals surface area contributed by atoms with E-state index in [1.165, 1.54) is 0 Å². The van der Waals surface area contributed by atoms with E-state index in [1.54, 1.807) is 10.9 Å². The van der Waals surface area contributed by atoms with Crippen LogP contribution in [0.25, 0.3) is 11.0 Å². The van der Waals surface area contributed by atoms with Crippen molar-refractivity contribution in [3.05, 3.63) is 18.0 Å². The Hall–Kier alpha value is -2.11. The standard InChI is InChI=1S/C12H14N4O2/c1-7-10-9(16-5-8(6-16)12(17)18)3-4-13-11(10)15(2)14-7/h3-4,8H,5-6H2,1-2H3,(H,17,18). The molecule has 2 aromatic rings. The number of aliphatic carboxylic acids is 1. The van der Waals surface area contributed by atoms with E-state index in [0.717, 1.165) is 22.4 Å². The van der Waals surface area contributed by atoms with Crippen molar-refractivity contribution in [1.82, 2.24) is 14.8 Å². The fourth-order valence-corrected chi connectivity index (χ4v) is 2.45. The fraction of sp³-hybridized carbons (Fsp3) is 0.417. The molecule has 0 aromatic carbocycles. The van der Waals surface area contributed by atoms with Gasteiger partial charge in [0.25, 0.3) is 0 Å². The Balaban J connectivity index is 2.01. The highest BCUT2D eigenvalue weighted by Crippen LogP contribution is 2.32. The molecule has 2 aromatic heterocycles. The van der Waals surface area contributed by atoms with Gasteiger partial charge in [0.2, 0.25) is 0 Å². The Morgan fingerprint density at radius 2 is 2.22 bits per heavy atom. The first-order valence-electron chi connectivity index (χ1n) is 5.84. The number of fused-ring (bicyclic) bond motifs is 1. The Morgan fingerprint density at radius 3 is 2.89 bits per heavy atom. The normalized spacial score (nSPS) is 16.0. The lowest BCUT2D eigenvalue weighted by Gasteiger charge is -2.38. The lowest BCUT2D eigenvalue weighted by molar-refractivity contribution is -0.142. The molecule has 3 heterocycles. The molecule has 1 aliphatic heterocycles. The van der Waals surface area contributed by atoms with Gasteiger partial charge in [0.1, 0.15) is 0 Å². The van der Waals surface area contributed by atoms with Gasteiger partial charge in [-0.1, -0.05) is 0 Å². The molecule has 3 rings (SSSR count). The lowest BCUT2D eigenvalue weighted by Crippen LogP contribution is -2.50. The topological polar surface area (TPSA) is 71.2 Å². The number of hydrogen-bond donors (Lipinski definition) is 1. The van der Waals surface area contributed by atoms with Gasteiger partial charge in [-0.25, -0.2) is 4.98 Å². The number of nitrogens with zero attached hydrogens (tertiary/aromatic N) is 4. The third-order valence-corrected chi connectivity index (χ3v) is 3.45. The number of carboxylic acid groups (broad SMARTS) is 1. The van der Waals surface area contributed by atoms with Crippen LogP contribution in [0.2, 0.25) is 0 Å². The van der Waals surface area contributed by atoms with Crippen LogP contribution in [0.15, 0.2) is 12.3 Å². The molecule has 0 spiro atoms. The summed E-state index contributed by atoms with van der Waals surface area (Å²) >= 11 is 0. The van der Waals surface area contributed by atoms with E-state index < -0.39 is 5.97 Å². The van der Waals surface area contributed by atoms with Gasteiger partial charge < -0.3 is 10.0 Å². The number of pyridine rings is 1. The van der Waals surface area contributed by atoms with Gasteiger partial charge in [-0.15, -0.1) is 0 Å². The molecule has 1 aliphatic rings. The van der Waals surface area contributed by atoms with Crippen LogP contribution >= 0.6 is 0 Å². The number of anilines is 1. The number of aromatic nitrogens is 3. The van der Waals surface area contributed by atoms with E-state index in [9.17, 15) is 4.79 Å². The van der Waals surface area contributed by atoms with Gasteiger partial charge in [-0.3, -0.25) is 9.48 Å². The van der Waals surface area contributed by atoms with E-state index >= 15 is 0 Å². The van der Waals surface area contributed by atoms with Crippen molar-refractivity contribution >= 4 is 22.7 Å². The highest BCUT2D eigenvalue weighted by Gasteiger charge is 2.33.